The number of ether oxygens (including phenoxy) is 2. The molecule has 0 unspecified atom stereocenters. The van der Waals surface area contributed by atoms with E-state index in [9.17, 15) is 4.79 Å². The van der Waals surface area contributed by atoms with E-state index in [1.165, 1.54) is 116 Å². The van der Waals surface area contributed by atoms with Gasteiger partial charge in [0.25, 0.3) is 0 Å². The largest absolute Gasteiger partial charge is 0.494 e. The number of unbranched alkanes of at least 4 members (excludes halogenated alkanes) is 18. The van der Waals surface area contributed by atoms with Crippen molar-refractivity contribution in [3.8, 4) is 11.5 Å². The first-order valence-electron chi connectivity index (χ1n) is 20.1. The molecule has 0 radical (unpaired) electrons. The Morgan fingerprint density at radius 1 is 0.380 bits per heavy atom. The van der Waals surface area contributed by atoms with Gasteiger partial charge in [-0.25, -0.2) is 0 Å². The van der Waals surface area contributed by atoms with Crippen molar-refractivity contribution in [1.82, 2.24) is 0 Å². The summed E-state index contributed by atoms with van der Waals surface area (Å²) in [6, 6.07) is 22.4. The molecule has 3 aromatic rings. The predicted octanol–water partition coefficient (Wildman–Crippen LogP) is 14.4. The molecular formula is C47H66O3. The number of rotatable bonds is 29. The molecule has 0 bridgehead atoms. The Kier molecular flexibility index (Phi) is 22.2. The molecule has 0 aliphatic rings. The number of hydrogen-bond donors (Lipinski definition) is 0. The van der Waals surface area contributed by atoms with E-state index < -0.39 is 0 Å². The van der Waals surface area contributed by atoms with Crippen LogP contribution in [0.3, 0.4) is 0 Å². The van der Waals surface area contributed by atoms with Crippen LogP contribution in [0.4, 0.5) is 0 Å². The van der Waals surface area contributed by atoms with E-state index in [1.54, 1.807) is 0 Å². The van der Waals surface area contributed by atoms with Crippen LogP contribution in [0.5, 0.6) is 11.5 Å². The van der Waals surface area contributed by atoms with Gasteiger partial charge >= 0.3 is 0 Å². The van der Waals surface area contributed by atoms with Crippen molar-refractivity contribution >= 4 is 30.6 Å². The van der Waals surface area contributed by atoms with Gasteiger partial charge in [0.1, 0.15) is 17.8 Å². The van der Waals surface area contributed by atoms with Crippen molar-refractivity contribution in [1.29, 1.82) is 0 Å². The molecule has 0 atom stereocenters. The highest BCUT2D eigenvalue weighted by Gasteiger charge is 2.00. The summed E-state index contributed by atoms with van der Waals surface area (Å²) in [5.74, 6) is 1.84. The summed E-state index contributed by atoms with van der Waals surface area (Å²) in [7, 11) is 0. The lowest BCUT2D eigenvalue weighted by Gasteiger charge is -2.07. The van der Waals surface area contributed by atoms with E-state index in [4.69, 9.17) is 9.47 Å². The summed E-state index contributed by atoms with van der Waals surface area (Å²) in [5, 5.41) is 0. The predicted molar refractivity (Wildman–Crippen MR) is 217 cm³/mol. The van der Waals surface area contributed by atoms with Crippen LogP contribution in [0.2, 0.25) is 0 Å². The van der Waals surface area contributed by atoms with Gasteiger partial charge in [0, 0.05) is 5.56 Å². The van der Waals surface area contributed by atoms with Gasteiger partial charge < -0.3 is 9.47 Å². The van der Waals surface area contributed by atoms with Gasteiger partial charge in [-0.2, -0.15) is 0 Å². The second-order valence-electron chi connectivity index (χ2n) is 13.9. The van der Waals surface area contributed by atoms with Crippen LogP contribution in [-0.4, -0.2) is 19.5 Å². The van der Waals surface area contributed by atoms with Gasteiger partial charge in [-0.1, -0.05) is 178 Å². The van der Waals surface area contributed by atoms with Crippen LogP contribution in [0.25, 0.3) is 24.3 Å². The first-order valence-corrected chi connectivity index (χ1v) is 20.1. The Bertz CT molecular complexity index is 1240. The molecule has 272 valence electrons. The Morgan fingerprint density at radius 3 is 1.02 bits per heavy atom. The number of benzene rings is 3. The number of carbonyl (C=O) groups excluding carboxylic acids is 1. The molecule has 0 amide bonds. The second-order valence-corrected chi connectivity index (χ2v) is 13.9. The average molecular weight is 679 g/mol. The molecule has 3 rings (SSSR count). The highest BCUT2D eigenvalue weighted by molar-refractivity contribution is 5.82. The third-order valence-corrected chi connectivity index (χ3v) is 9.37. The summed E-state index contributed by atoms with van der Waals surface area (Å²) in [4.78, 5) is 11.7. The topological polar surface area (TPSA) is 35.5 Å². The molecule has 0 saturated carbocycles. The molecule has 50 heavy (non-hydrogen) atoms. The Morgan fingerprint density at radius 2 is 0.680 bits per heavy atom. The van der Waals surface area contributed by atoms with Gasteiger partial charge in [0.2, 0.25) is 0 Å². The third kappa shape index (κ3) is 19.0. The monoisotopic (exact) mass is 679 g/mol. The average Bonchev–Trinajstić information content (AvgIpc) is 3.15. The molecule has 0 aromatic heterocycles. The van der Waals surface area contributed by atoms with Gasteiger partial charge in [0.15, 0.2) is 0 Å². The molecular weight excluding hydrogens is 613 g/mol. The van der Waals surface area contributed by atoms with Gasteiger partial charge in [0.05, 0.1) is 13.2 Å². The zero-order valence-corrected chi connectivity index (χ0v) is 31.5. The van der Waals surface area contributed by atoms with Crippen LogP contribution in [0, 0.1) is 0 Å². The quantitative estimate of drug-likeness (QED) is 0.0416. The Balaban J connectivity index is 1.36. The fraction of sp³-hybridized carbons (Fsp3) is 0.511. The lowest BCUT2D eigenvalue weighted by Crippen LogP contribution is -1.97. The van der Waals surface area contributed by atoms with Crippen LogP contribution < -0.4 is 9.47 Å². The van der Waals surface area contributed by atoms with Crippen molar-refractivity contribution in [3.05, 3.63) is 94.5 Å². The lowest BCUT2D eigenvalue weighted by atomic mass is 10.0. The van der Waals surface area contributed by atoms with Gasteiger partial charge in [-0.05, 0) is 77.6 Å². The molecule has 0 aliphatic carbocycles. The van der Waals surface area contributed by atoms with Crippen LogP contribution in [-0.2, 0) is 0 Å². The SMILES string of the molecule is CCCCCCCCCCCCOc1ccc(/C=C/c2cc(C=O)cc(/C=C/c3ccc(OCCCCCCCCCCCC)cc3)c2)cc1. The highest BCUT2D eigenvalue weighted by Crippen LogP contribution is 2.20. The molecule has 0 spiro atoms. The smallest absolute Gasteiger partial charge is 0.150 e. The molecule has 0 fully saturated rings. The molecule has 0 saturated heterocycles. The molecule has 0 N–H and O–H groups in total. The third-order valence-electron chi connectivity index (χ3n) is 9.37. The summed E-state index contributed by atoms with van der Waals surface area (Å²) in [6.45, 7) is 6.10. The zero-order valence-electron chi connectivity index (χ0n) is 31.5. The van der Waals surface area contributed by atoms with Crippen molar-refractivity contribution < 1.29 is 14.3 Å². The van der Waals surface area contributed by atoms with Gasteiger partial charge in [-0.3, -0.25) is 4.79 Å². The van der Waals surface area contributed by atoms with E-state index in [-0.39, 0.29) is 0 Å². The molecule has 3 aromatic carbocycles. The molecule has 3 nitrogen and oxygen atoms in total. The zero-order chi connectivity index (χ0) is 35.3. The number of hydrogen-bond acceptors (Lipinski definition) is 3. The van der Waals surface area contributed by atoms with Crippen molar-refractivity contribution in [3.63, 3.8) is 0 Å². The van der Waals surface area contributed by atoms with E-state index in [0.717, 1.165) is 66.1 Å². The summed E-state index contributed by atoms with van der Waals surface area (Å²) in [6.07, 6.45) is 35.8. The molecule has 3 heteroatoms. The first-order chi connectivity index (χ1) is 24.7. The summed E-state index contributed by atoms with van der Waals surface area (Å²) < 4.78 is 12.0. The van der Waals surface area contributed by atoms with Crippen molar-refractivity contribution in [2.24, 2.45) is 0 Å². The van der Waals surface area contributed by atoms with E-state index in [1.807, 2.05) is 36.4 Å². The first kappa shape index (κ1) is 40.8. The normalized spacial score (nSPS) is 11.5. The highest BCUT2D eigenvalue weighted by atomic mass is 16.5. The maximum absolute atomic E-state index is 11.7. The second kappa shape index (κ2) is 27.2. The number of aldehydes is 1. The molecule has 0 aliphatic heterocycles. The Labute approximate surface area is 305 Å². The van der Waals surface area contributed by atoms with Crippen molar-refractivity contribution in [2.45, 2.75) is 142 Å². The van der Waals surface area contributed by atoms with Crippen LogP contribution >= 0.6 is 0 Å². The van der Waals surface area contributed by atoms with E-state index in [2.05, 4.69) is 68.5 Å². The maximum atomic E-state index is 11.7. The van der Waals surface area contributed by atoms with E-state index >= 15 is 0 Å². The fourth-order valence-electron chi connectivity index (χ4n) is 6.26. The minimum atomic E-state index is 0.665. The minimum Gasteiger partial charge on any atom is -0.494 e. The minimum absolute atomic E-state index is 0.665. The van der Waals surface area contributed by atoms with E-state index in [0.29, 0.717) is 5.56 Å². The maximum Gasteiger partial charge on any atom is 0.150 e. The van der Waals surface area contributed by atoms with Crippen LogP contribution in [0.15, 0.2) is 66.7 Å². The summed E-state index contributed by atoms with van der Waals surface area (Å²) in [5.41, 5.74) is 4.84. The summed E-state index contributed by atoms with van der Waals surface area (Å²) >= 11 is 0. The van der Waals surface area contributed by atoms with Crippen LogP contribution in [0.1, 0.15) is 175 Å². The molecule has 0 heterocycles. The van der Waals surface area contributed by atoms with Gasteiger partial charge in [-0.15, -0.1) is 0 Å². The van der Waals surface area contributed by atoms with Crippen molar-refractivity contribution in [2.75, 3.05) is 13.2 Å². The fourth-order valence-corrected chi connectivity index (χ4v) is 6.26. The number of carbonyl (C=O) groups is 1. The Hall–Kier alpha value is -3.59. The lowest BCUT2D eigenvalue weighted by molar-refractivity contribution is 0.112. The standard InChI is InChI=1S/C47H66O3/c1-3-5-7-9-11-13-15-17-19-21-35-49-46-31-27-41(28-32-46)23-25-43-37-44(39-45(38-43)40-48)26-24-42-29-33-47(34-30-42)50-36-22-20-18-16-14-12-10-8-6-4-2/h23-34,37-40H,3-22,35-36H2,1-2H3/b25-23+,26-24+.